The second-order valence-corrected chi connectivity index (χ2v) is 10.1. The van der Waals surface area contributed by atoms with Crippen molar-refractivity contribution in [3.63, 3.8) is 0 Å². The zero-order valence-electron chi connectivity index (χ0n) is 23.5. The molecule has 5 rings (SSSR count). The lowest BCUT2D eigenvalue weighted by atomic mass is 10.0. The molecule has 4 aromatic heterocycles. The minimum Gasteiger partial charge on any atom is -0.485 e. The van der Waals surface area contributed by atoms with E-state index in [2.05, 4.69) is 9.97 Å². The Balaban J connectivity index is 1.67. The lowest BCUT2D eigenvalue weighted by molar-refractivity contribution is 0.0767. The van der Waals surface area contributed by atoms with Crippen LogP contribution < -0.4 is 15.9 Å². The molecule has 4 aromatic rings. The van der Waals surface area contributed by atoms with Crippen LogP contribution in [-0.4, -0.2) is 24.2 Å². The summed E-state index contributed by atoms with van der Waals surface area (Å²) in [6, 6.07) is 6.49. The summed E-state index contributed by atoms with van der Waals surface area (Å²) in [5, 5.41) is 9.96. The first-order valence-electron chi connectivity index (χ1n) is 13.3. The first kappa shape index (κ1) is 24.9. The van der Waals surface area contributed by atoms with Crippen LogP contribution in [0.15, 0.2) is 64.6 Å². The zero-order chi connectivity index (χ0) is 30.4. The number of ether oxygens (including phenoxy) is 1. The van der Waals surface area contributed by atoms with Gasteiger partial charge in [-0.2, -0.15) is 0 Å². The molecule has 0 saturated heterocycles. The summed E-state index contributed by atoms with van der Waals surface area (Å²) in [6.45, 7) is 0.0904. The van der Waals surface area contributed by atoms with E-state index in [-0.39, 0.29) is 22.8 Å². The van der Waals surface area contributed by atoms with E-state index < -0.39 is 45.6 Å². The highest BCUT2D eigenvalue weighted by Crippen LogP contribution is 2.29. The Morgan fingerprint density at radius 3 is 2.73 bits per heavy atom. The zero-order valence-corrected chi connectivity index (χ0v) is 22.2. The van der Waals surface area contributed by atoms with Gasteiger partial charge in [-0.15, -0.1) is 0 Å². The van der Waals surface area contributed by atoms with Gasteiger partial charge >= 0.3 is 0 Å². The van der Waals surface area contributed by atoms with Gasteiger partial charge in [-0.05, 0) is 56.9 Å². The van der Waals surface area contributed by atoms with Gasteiger partial charge in [0.25, 0.3) is 11.1 Å². The molecule has 0 aromatic carbocycles. The molecule has 0 saturated carbocycles. The van der Waals surface area contributed by atoms with Gasteiger partial charge in [0.2, 0.25) is 0 Å². The van der Waals surface area contributed by atoms with Crippen molar-refractivity contribution in [3.05, 3.63) is 115 Å². The van der Waals surface area contributed by atoms with E-state index in [0.29, 0.717) is 36.4 Å². The first-order valence-corrected chi connectivity index (χ1v) is 12.7. The SMILES string of the molecule is [2H]C([2H])(Oc1cc2n(c(=O)c1Cl)-c1cc(-n3cccc(C(C)(C)O)c3=O)ncc1CCC/C=C/2)c1ncc(F)cc1F. The van der Waals surface area contributed by atoms with E-state index in [4.69, 9.17) is 19.1 Å². The van der Waals surface area contributed by atoms with Crippen LogP contribution in [0.3, 0.4) is 0 Å². The molecule has 0 radical (unpaired) electrons. The summed E-state index contributed by atoms with van der Waals surface area (Å²) in [6.07, 6.45) is 9.10. The standard InChI is InChI=1S/C29H25ClF2N4O4/c1-29(2,39)20-9-6-10-35(27(20)37)25-13-23-17(14-34-25)7-4-3-5-8-19-12-24(26(30)28(38)36(19)23)40-16-22-21(32)11-18(31)15-33-22/h5-6,8-15,39H,3-4,7,16H2,1-2H3/b8-5+/i16D2. The molecular formula is C29H25ClF2N4O4. The van der Waals surface area contributed by atoms with Crippen molar-refractivity contribution in [2.24, 2.45) is 0 Å². The smallest absolute Gasteiger partial charge is 0.278 e. The fraction of sp³-hybridized carbons (Fsp3) is 0.241. The van der Waals surface area contributed by atoms with E-state index in [1.807, 2.05) is 6.08 Å². The number of allylic oxidation sites excluding steroid dienone is 1. The highest BCUT2D eigenvalue weighted by Gasteiger charge is 2.23. The van der Waals surface area contributed by atoms with E-state index in [0.717, 1.165) is 6.42 Å². The Bertz CT molecular complexity index is 1850. The topological polar surface area (TPSA) is 99.2 Å². The predicted molar refractivity (Wildman–Crippen MR) is 146 cm³/mol. The number of pyridine rings is 4. The molecule has 0 amide bonds. The third-order valence-electron chi connectivity index (χ3n) is 6.36. The number of aromatic nitrogens is 4. The van der Waals surface area contributed by atoms with Crippen molar-refractivity contribution >= 4 is 17.7 Å². The number of halogens is 3. The highest BCUT2D eigenvalue weighted by molar-refractivity contribution is 6.31. The normalized spacial score (nSPS) is 15.1. The van der Waals surface area contributed by atoms with Crippen LogP contribution in [0.4, 0.5) is 8.78 Å². The monoisotopic (exact) mass is 568 g/mol. The Kier molecular flexibility index (Phi) is 6.70. The average Bonchev–Trinajstić information content (AvgIpc) is 2.99. The Morgan fingerprint density at radius 1 is 1.18 bits per heavy atom. The molecule has 0 fully saturated rings. The summed E-state index contributed by atoms with van der Waals surface area (Å²) in [5.74, 6) is -2.45. The number of hydrogen-bond acceptors (Lipinski definition) is 6. The number of aliphatic hydroxyl groups is 1. The minimum absolute atomic E-state index is 0.155. The molecule has 5 heterocycles. The van der Waals surface area contributed by atoms with Crippen molar-refractivity contribution in [1.82, 2.24) is 19.1 Å². The number of rotatable bonds is 5. The number of hydrogen-bond donors (Lipinski definition) is 1. The third kappa shape index (κ3) is 5.32. The van der Waals surface area contributed by atoms with E-state index >= 15 is 0 Å². The quantitative estimate of drug-likeness (QED) is 0.369. The van der Waals surface area contributed by atoms with Gasteiger partial charge in [0.1, 0.15) is 34.7 Å². The number of nitrogens with zero attached hydrogens (tertiary/aromatic N) is 4. The number of aryl methyl sites for hydroxylation is 1. The second-order valence-electron chi connectivity index (χ2n) is 9.70. The fourth-order valence-corrected chi connectivity index (χ4v) is 4.55. The highest BCUT2D eigenvalue weighted by atomic mass is 35.5. The van der Waals surface area contributed by atoms with Gasteiger partial charge in [-0.1, -0.05) is 17.7 Å². The largest absolute Gasteiger partial charge is 0.485 e. The van der Waals surface area contributed by atoms with Gasteiger partial charge in [0, 0.05) is 36.2 Å². The molecule has 40 heavy (non-hydrogen) atoms. The van der Waals surface area contributed by atoms with Crippen molar-refractivity contribution < 1.29 is 21.4 Å². The Labute approximate surface area is 235 Å². The van der Waals surface area contributed by atoms with Crippen LogP contribution in [-0.2, 0) is 18.6 Å². The fourth-order valence-electron chi connectivity index (χ4n) is 4.37. The van der Waals surface area contributed by atoms with Gasteiger partial charge in [-0.25, -0.2) is 13.8 Å². The molecule has 0 spiro atoms. The molecule has 1 N–H and O–H groups in total. The lowest BCUT2D eigenvalue weighted by Gasteiger charge is -2.20. The Hall–Kier alpha value is -4.15. The maximum Gasteiger partial charge on any atom is 0.278 e. The molecule has 1 aliphatic rings. The number of fused-ring (bicyclic) bond motifs is 3. The summed E-state index contributed by atoms with van der Waals surface area (Å²) in [4.78, 5) is 34.9. The molecule has 206 valence electrons. The van der Waals surface area contributed by atoms with Crippen LogP contribution in [0.1, 0.15) is 51.9 Å². The van der Waals surface area contributed by atoms with Crippen LogP contribution in [0.2, 0.25) is 5.02 Å². The maximum absolute atomic E-state index is 14.3. The van der Waals surface area contributed by atoms with Gasteiger partial charge in [-0.3, -0.25) is 23.7 Å². The molecule has 0 unspecified atom stereocenters. The first-order chi connectivity index (χ1) is 19.8. The van der Waals surface area contributed by atoms with Crippen LogP contribution in [0, 0.1) is 11.6 Å². The summed E-state index contributed by atoms with van der Waals surface area (Å²) in [5.41, 5.74) is -1.99. The van der Waals surface area contributed by atoms with Crippen LogP contribution in [0.5, 0.6) is 5.75 Å². The second kappa shape index (κ2) is 10.8. The minimum atomic E-state index is -2.91. The van der Waals surface area contributed by atoms with Crippen molar-refractivity contribution in [2.75, 3.05) is 0 Å². The third-order valence-corrected chi connectivity index (χ3v) is 6.70. The van der Waals surface area contributed by atoms with Crippen molar-refractivity contribution in [2.45, 2.75) is 45.3 Å². The van der Waals surface area contributed by atoms with Gasteiger partial charge < -0.3 is 9.84 Å². The van der Waals surface area contributed by atoms with Crippen LogP contribution in [0.25, 0.3) is 17.6 Å². The summed E-state index contributed by atoms with van der Waals surface area (Å²) < 4.78 is 52.1. The maximum atomic E-state index is 14.3. The Morgan fingerprint density at radius 2 is 1.98 bits per heavy atom. The molecule has 1 aliphatic heterocycles. The van der Waals surface area contributed by atoms with Gasteiger partial charge in [0.15, 0.2) is 5.82 Å². The van der Waals surface area contributed by atoms with Gasteiger partial charge in [0.05, 0.1) is 25.9 Å². The predicted octanol–water partition coefficient (Wildman–Crippen LogP) is 4.87. The summed E-state index contributed by atoms with van der Waals surface area (Å²) >= 11 is 6.42. The molecule has 11 heteroatoms. The average molecular weight is 569 g/mol. The molecular weight excluding hydrogens is 542 g/mol. The van der Waals surface area contributed by atoms with Crippen LogP contribution >= 0.6 is 11.6 Å². The summed E-state index contributed by atoms with van der Waals surface area (Å²) in [7, 11) is 0. The van der Waals surface area contributed by atoms with E-state index in [9.17, 15) is 23.5 Å². The van der Waals surface area contributed by atoms with E-state index in [1.54, 1.807) is 24.4 Å². The van der Waals surface area contributed by atoms with E-state index in [1.165, 1.54) is 41.3 Å². The molecule has 0 atom stereocenters. The lowest BCUT2D eigenvalue weighted by Crippen LogP contribution is -2.31. The van der Waals surface area contributed by atoms with Crippen molar-refractivity contribution in [3.8, 4) is 17.3 Å². The molecule has 0 bridgehead atoms. The molecule has 8 nitrogen and oxygen atoms in total. The van der Waals surface area contributed by atoms with Crippen molar-refractivity contribution in [1.29, 1.82) is 0 Å². The molecule has 0 aliphatic carbocycles.